The third kappa shape index (κ3) is 4.33. The molecule has 0 bridgehead atoms. The molecule has 0 spiro atoms. The van der Waals surface area contributed by atoms with Gasteiger partial charge in [-0.15, -0.1) is 0 Å². The van der Waals surface area contributed by atoms with Crippen molar-refractivity contribution in [1.82, 2.24) is 4.90 Å². The van der Waals surface area contributed by atoms with Crippen LogP contribution in [0, 0.1) is 0 Å². The van der Waals surface area contributed by atoms with Crippen LogP contribution in [-0.2, 0) is 4.74 Å². The van der Waals surface area contributed by atoms with Crippen LogP contribution in [-0.4, -0.2) is 43.8 Å². The molecule has 7 nitrogen and oxygen atoms in total. The van der Waals surface area contributed by atoms with E-state index in [1.54, 1.807) is 36.3 Å². The fourth-order valence-electron chi connectivity index (χ4n) is 4.23. The SMILES string of the molecule is CCOc1ccc([C@@H]2c3c(oc4ccccc4c3=O)C(=O)N2CCCOC(C)C)cc1OC. The minimum Gasteiger partial charge on any atom is -0.493 e. The van der Waals surface area contributed by atoms with Crippen LogP contribution < -0.4 is 14.9 Å². The highest BCUT2D eigenvalue weighted by atomic mass is 16.5. The van der Waals surface area contributed by atoms with E-state index in [1.807, 2.05) is 39.0 Å². The lowest BCUT2D eigenvalue weighted by Crippen LogP contribution is -2.31. The van der Waals surface area contributed by atoms with E-state index in [0.29, 0.717) is 54.2 Å². The molecule has 33 heavy (non-hydrogen) atoms. The Morgan fingerprint density at radius 1 is 1.09 bits per heavy atom. The van der Waals surface area contributed by atoms with Crippen LogP contribution in [0.1, 0.15) is 54.9 Å². The highest BCUT2D eigenvalue weighted by Crippen LogP contribution is 2.41. The minimum absolute atomic E-state index is 0.0985. The van der Waals surface area contributed by atoms with Gasteiger partial charge in [0.15, 0.2) is 16.9 Å². The third-order valence-electron chi connectivity index (χ3n) is 5.67. The van der Waals surface area contributed by atoms with Crippen LogP contribution in [0.3, 0.4) is 0 Å². The molecule has 0 saturated carbocycles. The van der Waals surface area contributed by atoms with Gasteiger partial charge in [0.2, 0.25) is 5.76 Å². The molecule has 1 aliphatic heterocycles. The number of nitrogens with zero attached hydrogens (tertiary/aromatic N) is 1. The molecular formula is C26H29NO6. The van der Waals surface area contributed by atoms with Crippen LogP contribution in [0.15, 0.2) is 51.7 Å². The topological polar surface area (TPSA) is 78.2 Å². The Hall–Kier alpha value is -3.32. The molecule has 2 aromatic carbocycles. The summed E-state index contributed by atoms with van der Waals surface area (Å²) in [7, 11) is 1.57. The van der Waals surface area contributed by atoms with E-state index in [2.05, 4.69) is 0 Å². The van der Waals surface area contributed by atoms with E-state index >= 15 is 0 Å². The fourth-order valence-corrected chi connectivity index (χ4v) is 4.23. The number of hydrogen-bond donors (Lipinski definition) is 0. The predicted molar refractivity (Wildman–Crippen MR) is 125 cm³/mol. The number of ether oxygens (including phenoxy) is 3. The molecule has 4 rings (SSSR count). The molecule has 1 amide bonds. The summed E-state index contributed by atoms with van der Waals surface area (Å²) in [6.45, 7) is 7.28. The van der Waals surface area contributed by atoms with Crippen molar-refractivity contribution in [3.05, 3.63) is 69.6 Å². The number of fused-ring (bicyclic) bond motifs is 2. The molecule has 1 aliphatic rings. The summed E-state index contributed by atoms with van der Waals surface area (Å²) < 4.78 is 22.8. The van der Waals surface area contributed by atoms with Gasteiger partial charge in [0.25, 0.3) is 5.91 Å². The summed E-state index contributed by atoms with van der Waals surface area (Å²) in [5, 5.41) is 0.456. The zero-order chi connectivity index (χ0) is 23.5. The number of amides is 1. The molecular weight excluding hydrogens is 422 g/mol. The summed E-state index contributed by atoms with van der Waals surface area (Å²) in [6, 6.07) is 11.9. The van der Waals surface area contributed by atoms with Crippen molar-refractivity contribution >= 4 is 16.9 Å². The van der Waals surface area contributed by atoms with E-state index in [9.17, 15) is 9.59 Å². The van der Waals surface area contributed by atoms with Crippen LogP contribution >= 0.6 is 0 Å². The number of methoxy groups -OCH3 is 1. The number of carbonyl (C=O) groups is 1. The summed E-state index contributed by atoms with van der Waals surface area (Å²) in [5.41, 5.74) is 1.33. The van der Waals surface area contributed by atoms with Crippen LogP contribution in [0.25, 0.3) is 11.0 Å². The Kier molecular flexibility index (Phi) is 6.70. The molecule has 1 aromatic heterocycles. The van der Waals surface area contributed by atoms with Crippen LogP contribution in [0.5, 0.6) is 11.5 Å². The third-order valence-corrected chi connectivity index (χ3v) is 5.67. The maximum atomic E-state index is 13.5. The van der Waals surface area contributed by atoms with Crippen molar-refractivity contribution in [3.63, 3.8) is 0 Å². The van der Waals surface area contributed by atoms with Gasteiger partial charge in [0.1, 0.15) is 5.58 Å². The van der Waals surface area contributed by atoms with Gasteiger partial charge in [0, 0.05) is 13.2 Å². The maximum Gasteiger partial charge on any atom is 0.290 e. The lowest BCUT2D eigenvalue weighted by molar-refractivity contribution is 0.0593. The fraction of sp³-hybridized carbons (Fsp3) is 0.385. The first-order valence-electron chi connectivity index (χ1n) is 11.2. The van der Waals surface area contributed by atoms with Gasteiger partial charge < -0.3 is 23.5 Å². The number of hydrogen-bond acceptors (Lipinski definition) is 6. The van der Waals surface area contributed by atoms with Crippen LogP contribution in [0.2, 0.25) is 0 Å². The highest BCUT2D eigenvalue weighted by molar-refractivity contribution is 5.99. The monoisotopic (exact) mass is 451 g/mol. The summed E-state index contributed by atoms with van der Waals surface area (Å²) in [6.07, 6.45) is 0.743. The molecule has 0 saturated heterocycles. The van der Waals surface area contributed by atoms with Gasteiger partial charge in [-0.3, -0.25) is 9.59 Å². The first-order chi connectivity index (χ1) is 16.0. The Morgan fingerprint density at radius 3 is 2.61 bits per heavy atom. The smallest absolute Gasteiger partial charge is 0.290 e. The van der Waals surface area contributed by atoms with Gasteiger partial charge in [-0.1, -0.05) is 18.2 Å². The zero-order valence-electron chi connectivity index (χ0n) is 19.4. The van der Waals surface area contributed by atoms with Crippen LogP contribution in [0.4, 0.5) is 0 Å². The van der Waals surface area contributed by atoms with Gasteiger partial charge in [-0.25, -0.2) is 0 Å². The largest absolute Gasteiger partial charge is 0.493 e. The van der Waals surface area contributed by atoms with E-state index in [1.165, 1.54) is 0 Å². The second-order valence-corrected chi connectivity index (χ2v) is 8.19. The first kappa shape index (κ1) is 22.9. The molecule has 0 N–H and O–H groups in total. The normalized spacial score (nSPS) is 15.4. The number of para-hydroxylation sites is 1. The Labute approximate surface area is 192 Å². The lowest BCUT2D eigenvalue weighted by Gasteiger charge is -2.26. The molecule has 174 valence electrons. The lowest BCUT2D eigenvalue weighted by atomic mass is 9.98. The molecule has 0 unspecified atom stereocenters. The second kappa shape index (κ2) is 9.67. The van der Waals surface area contributed by atoms with Crippen molar-refractivity contribution in [2.45, 2.75) is 39.3 Å². The van der Waals surface area contributed by atoms with Crippen molar-refractivity contribution < 1.29 is 23.4 Å². The minimum atomic E-state index is -0.586. The second-order valence-electron chi connectivity index (χ2n) is 8.19. The molecule has 0 aliphatic carbocycles. The maximum absolute atomic E-state index is 13.5. The van der Waals surface area contributed by atoms with Crippen molar-refractivity contribution in [2.24, 2.45) is 0 Å². The molecule has 2 heterocycles. The summed E-state index contributed by atoms with van der Waals surface area (Å²) >= 11 is 0. The average molecular weight is 452 g/mol. The quantitative estimate of drug-likeness (QED) is 0.444. The average Bonchev–Trinajstić information content (AvgIpc) is 3.09. The predicted octanol–water partition coefficient (Wildman–Crippen LogP) is 4.56. The van der Waals surface area contributed by atoms with Crippen molar-refractivity contribution in [3.8, 4) is 11.5 Å². The molecule has 0 radical (unpaired) electrons. The first-order valence-corrected chi connectivity index (χ1v) is 11.2. The van der Waals surface area contributed by atoms with Gasteiger partial charge in [0.05, 0.1) is 36.8 Å². The van der Waals surface area contributed by atoms with Gasteiger partial charge in [-0.2, -0.15) is 0 Å². The Morgan fingerprint density at radius 2 is 1.88 bits per heavy atom. The number of rotatable bonds is 9. The van der Waals surface area contributed by atoms with Gasteiger partial charge >= 0.3 is 0 Å². The molecule has 1 atom stereocenters. The van der Waals surface area contributed by atoms with E-state index in [0.717, 1.165) is 5.56 Å². The van der Waals surface area contributed by atoms with Gasteiger partial charge in [-0.05, 0) is 57.0 Å². The van der Waals surface area contributed by atoms with Crippen molar-refractivity contribution in [2.75, 3.05) is 26.9 Å². The number of benzene rings is 2. The zero-order valence-corrected chi connectivity index (χ0v) is 19.4. The number of carbonyl (C=O) groups excluding carboxylic acids is 1. The summed E-state index contributed by atoms with van der Waals surface area (Å²) in [4.78, 5) is 28.6. The standard InChI is InChI=1S/C26H29NO6/c1-5-31-20-12-11-17(15-21(20)30-4)23-22-24(28)18-9-6-7-10-19(18)33-25(22)26(29)27(23)13-8-14-32-16(2)3/h6-7,9-12,15-16,23H,5,8,13-14H2,1-4H3/t23-/m1/s1. The van der Waals surface area contributed by atoms with E-state index < -0.39 is 6.04 Å². The highest BCUT2D eigenvalue weighted by Gasteiger charge is 2.42. The summed E-state index contributed by atoms with van der Waals surface area (Å²) in [5.74, 6) is 0.954. The molecule has 3 aromatic rings. The van der Waals surface area contributed by atoms with E-state index in [-0.39, 0.29) is 23.2 Å². The molecule has 0 fully saturated rings. The Bertz CT molecular complexity index is 1220. The molecule has 7 heteroatoms. The van der Waals surface area contributed by atoms with E-state index in [4.69, 9.17) is 18.6 Å². The van der Waals surface area contributed by atoms with Crippen molar-refractivity contribution in [1.29, 1.82) is 0 Å². The Balaban J connectivity index is 1.81.